The molecule has 2 nitrogen and oxygen atoms in total. The third-order valence-corrected chi connectivity index (χ3v) is 4.01. The Morgan fingerprint density at radius 2 is 1.89 bits per heavy atom. The highest BCUT2D eigenvalue weighted by Gasteiger charge is 2.18. The second-order valence-corrected chi connectivity index (χ2v) is 5.06. The van der Waals surface area contributed by atoms with E-state index in [0.29, 0.717) is 0 Å². The maximum Gasteiger partial charge on any atom is 0.0994 e. The fourth-order valence-electron chi connectivity index (χ4n) is 3.18. The topological polar surface area (TPSA) is 36.7 Å². The summed E-state index contributed by atoms with van der Waals surface area (Å²) in [4.78, 5) is 4.80. The fraction of sp³-hybridized carbons (Fsp3) is 0.176. The molecule has 0 saturated carbocycles. The van der Waals surface area contributed by atoms with Crippen molar-refractivity contribution < 1.29 is 0 Å². The van der Waals surface area contributed by atoms with Crippen LogP contribution in [-0.4, -0.2) is 4.98 Å². The standard InChI is InChI=1S/C17H12N2/c18-10-11-8-9-14-13-4-1-2-6-15(13)19-16-7-3-5-12(11)17(14)16/h1-2,4,6,8-9H,3,5,7H2. The molecule has 1 aliphatic carbocycles. The van der Waals surface area contributed by atoms with Gasteiger partial charge in [0, 0.05) is 16.5 Å². The number of pyridine rings is 1. The van der Waals surface area contributed by atoms with E-state index < -0.39 is 0 Å². The van der Waals surface area contributed by atoms with E-state index in [0.717, 1.165) is 36.0 Å². The van der Waals surface area contributed by atoms with Crippen molar-refractivity contribution in [3.8, 4) is 6.07 Å². The molecule has 0 unspecified atom stereocenters. The maximum absolute atomic E-state index is 9.27. The molecule has 0 spiro atoms. The second-order valence-electron chi connectivity index (χ2n) is 5.06. The molecular weight excluding hydrogens is 232 g/mol. The predicted molar refractivity (Wildman–Crippen MR) is 76.0 cm³/mol. The number of fused-ring (bicyclic) bond motifs is 2. The molecule has 4 rings (SSSR count). The van der Waals surface area contributed by atoms with Crippen LogP contribution in [0.15, 0.2) is 36.4 Å². The summed E-state index contributed by atoms with van der Waals surface area (Å²) in [5, 5.41) is 12.9. The largest absolute Gasteiger partial charge is 0.252 e. The van der Waals surface area contributed by atoms with E-state index in [1.165, 1.54) is 21.7 Å². The molecule has 0 saturated heterocycles. The molecule has 0 radical (unpaired) electrons. The summed E-state index contributed by atoms with van der Waals surface area (Å²) in [7, 11) is 0. The zero-order valence-corrected chi connectivity index (χ0v) is 10.5. The molecule has 19 heavy (non-hydrogen) atoms. The minimum atomic E-state index is 0.811. The minimum Gasteiger partial charge on any atom is -0.252 e. The third kappa shape index (κ3) is 1.39. The predicted octanol–water partition coefficient (Wildman–Crippen LogP) is 3.75. The Hall–Kier alpha value is -2.40. The Morgan fingerprint density at radius 3 is 2.79 bits per heavy atom. The van der Waals surface area contributed by atoms with Crippen molar-refractivity contribution in [1.29, 1.82) is 5.26 Å². The lowest BCUT2D eigenvalue weighted by molar-refractivity contribution is 0.788. The van der Waals surface area contributed by atoms with Crippen LogP contribution in [0, 0.1) is 11.3 Å². The fourth-order valence-corrected chi connectivity index (χ4v) is 3.18. The van der Waals surface area contributed by atoms with Crippen LogP contribution in [-0.2, 0) is 12.8 Å². The molecule has 1 aromatic heterocycles. The zero-order chi connectivity index (χ0) is 12.8. The SMILES string of the molecule is N#Cc1ccc2c3c(nc4ccccc42)CCCc13. The number of nitriles is 1. The van der Waals surface area contributed by atoms with Crippen molar-refractivity contribution in [2.75, 3.05) is 0 Å². The monoisotopic (exact) mass is 244 g/mol. The molecule has 0 fully saturated rings. The molecule has 3 aromatic rings. The molecule has 0 aliphatic heterocycles. The summed E-state index contributed by atoms with van der Waals surface area (Å²) in [5.41, 5.74) is 4.22. The second kappa shape index (κ2) is 3.80. The highest BCUT2D eigenvalue weighted by Crippen LogP contribution is 2.34. The number of benzene rings is 2. The summed E-state index contributed by atoms with van der Waals surface area (Å²) in [6.07, 6.45) is 3.10. The molecule has 1 heterocycles. The van der Waals surface area contributed by atoms with Gasteiger partial charge >= 0.3 is 0 Å². The van der Waals surface area contributed by atoms with E-state index in [-0.39, 0.29) is 0 Å². The van der Waals surface area contributed by atoms with Crippen LogP contribution in [0.4, 0.5) is 0 Å². The van der Waals surface area contributed by atoms with E-state index >= 15 is 0 Å². The van der Waals surface area contributed by atoms with Gasteiger partial charge in [0.05, 0.1) is 17.1 Å². The third-order valence-electron chi connectivity index (χ3n) is 4.01. The number of rotatable bonds is 0. The Kier molecular flexibility index (Phi) is 2.10. The zero-order valence-electron chi connectivity index (χ0n) is 10.5. The number of hydrogen-bond acceptors (Lipinski definition) is 2. The lowest BCUT2D eigenvalue weighted by Crippen LogP contribution is -2.06. The first kappa shape index (κ1) is 10.5. The van der Waals surface area contributed by atoms with Crippen LogP contribution in [0.1, 0.15) is 23.2 Å². The van der Waals surface area contributed by atoms with Gasteiger partial charge in [0.15, 0.2) is 0 Å². The van der Waals surface area contributed by atoms with Gasteiger partial charge < -0.3 is 0 Å². The average Bonchev–Trinajstić information content (AvgIpc) is 2.48. The number of para-hydroxylation sites is 1. The van der Waals surface area contributed by atoms with Crippen molar-refractivity contribution in [1.82, 2.24) is 4.98 Å². The first-order valence-electron chi connectivity index (χ1n) is 6.62. The Balaban J connectivity index is 2.28. The van der Waals surface area contributed by atoms with E-state index in [1.807, 2.05) is 18.2 Å². The number of aromatic nitrogens is 1. The van der Waals surface area contributed by atoms with Gasteiger partial charge in [0.2, 0.25) is 0 Å². The Bertz CT molecular complexity index is 856. The van der Waals surface area contributed by atoms with Gasteiger partial charge in [0.1, 0.15) is 0 Å². The van der Waals surface area contributed by atoms with Gasteiger partial charge in [-0.25, -0.2) is 0 Å². The first-order chi connectivity index (χ1) is 9.38. The van der Waals surface area contributed by atoms with Gasteiger partial charge in [-0.1, -0.05) is 24.3 Å². The maximum atomic E-state index is 9.27. The summed E-state index contributed by atoms with van der Waals surface area (Å²) in [6, 6.07) is 14.6. The van der Waals surface area contributed by atoms with E-state index in [1.54, 1.807) is 0 Å². The van der Waals surface area contributed by atoms with Crippen molar-refractivity contribution in [3.05, 3.63) is 53.2 Å². The van der Waals surface area contributed by atoms with E-state index in [4.69, 9.17) is 4.98 Å². The van der Waals surface area contributed by atoms with Crippen molar-refractivity contribution in [2.24, 2.45) is 0 Å². The molecule has 90 valence electrons. The highest BCUT2D eigenvalue weighted by molar-refractivity contribution is 6.08. The number of nitrogens with zero attached hydrogens (tertiary/aromatic N) is 2. The van der Waals surface area contributed by atoms with Crippen LogP contribution in [0.3, 0.4) is 0 Å². The van der Waals surface area contributed by atoms with Gasteiger partial charge in [-0.05, 0) is 42.3 Å². The molecule has 0 amide bonds. The summed E-state index contributed by atoms with van der Waals surface area (Å²) >= 11 is 0. The lowest BCUT2D eigenvalue weighted by Gasteiger charge is -2.19. The molecular formula is C17H12N2. The molecule has 2 heteroatoms. The summed E-state index contributed by atoms with van der Waals surface area (Å²) < 4.78 is 0. The van der Waals surface area contributed by atoms with Crippen LogP contribution in [0.5, 0.6) is 0 Å². The van der Waals surface area contributed by atoms with Gasteiger partial charge in [-0.15, -0.1) is 0 Å². The summed E-state index contributed by atoms with van der Waals surface area (Å²) in [5.74, 6) is 0. The smallest absolute Gasteiger partial charge is 0.0994 e. The van der Waals surface area contributed by atoms with Gasteiger partial charge in [-0.2, -0.15) is 5.26 Å². The number of hydrogen-bond donors (Lipinski definition) is 0. The lowest BCUT2D eigenvalue weighted by atomic mass is 9.87. The van der Waals surface area contributed by atoms with Crippen molar-refractivity contribution >= 4 is 21.7 Å². The molecule has 0 atom stereocenters. The number of aryl methyl sites for hydroxylation is 2. The first-order valence-corrected chi connectivity index (χ1v) is 6.62. The normalized spacial score (nSPS) is 13.6. The van der Waals surface area contributed by atoms with E-state index in [9.17, 15) is 5.26 Å². The Labute approximate surface area is 111 Å². The van der Waals surface area contributed by atoms with Gasteiger partial charge in [0.25, 0.3) is 0 Å². The van der Waals surface area contributed by atoms with E-state index in [2.05, 4.69) is 24.3 Å². The highest BCUT2D eigenvalue weighted by atomic mass is 14.7. The summed E-state index contributed by atoms with van der Waals surface area (Å²) in [6.45, 7) is 0. The molecule has 0 bridgehead atoms. The van der Waals surface area contributed by atoms with Crippen LogP contribution in [0.25, 0.3) is 21.7 Å². The average molecular weight is 244 g/mol. The van der Waals surface area contributed by atoms with Crippen LogP contribution in [0.2, 0.25) is 0 Å². The van der Waals surface area contributed by atoms with Crippen LogP contribution < -0.4 is 0 Å². The molecule has 1 aliphatic rings. The molecule has 0 N–H and O–H groups in total. The van der Waals surface area contributed by atoms with Gasteiger partial charge in [-0.3, -0.25) is 4.98 Å². The Morgan fingerprint density at radius 1 is 1.00 bits per heavy atom. The minimum absolute atomic E-state index is 0.811. The van der Waals surface area contributed by atoms with Crippen LogP contribution >= 0.6 is 0 Å². The van der Waals surface area contributed by atoms with Crippen molar-refractivity contribution in [2.45, 2.75) is 19.3 Å². The van der Waals surface area contributed by atoms with Crippen molar-refractivity contribution in [3.63, 3.8) is 0 Å². The quantitative estimate of drug-likeness (QED) is 0.565. The molecule has 2 aromatic carbocycles.